The zero-order valence-electron chi connectivity index (χ0n) is 30.2. The van der Waals surface area contributed by atoms with E-state index in [0.29, 0.717) is 0 Å². The Balaban J connectivity index is 1.13. The second-order valence-electron chi connectivity index (χ2n) is 15.2. The SMILES string of the molecule is c1ccc(C(c2ccccc2)c2ccc(-c3cc4c5c(c3)C(c3ccccc3)c3ccc6ccc7c(c6c3-5)c3c-4cccc3n7-c3ccccc3)cc2)cc1. The van der Waals surface area contributed by atoms with Gasteiger partial charge in [-0.25, -0.2) is 0 Å². The molecule has 0 N–H and O–H groups in total. The first-order valence-corrected chi connectivity index (χ1v) is 19.3. The zero-order chi connectivity index (χ0) is 36.0. The van der Waals surface area contributed by atoms with Gasteiger partial charge in [0.1, 0.15) is 0 Å². The highest BCUT2D eigenvalue weighted by Crippen LogP contribution is 2.59. The number of para-hydroxylation sites is 1. The Morgan fingerprint density at radius 2 is 1.00 bits per heavy atom. The highest BCUT2D eigenvalue weighted by molar-refractivity contribution is 6.31. The molecule has 0 fully saturated rings. The Morgan fingerprint density at radius 1 is 0.382 bits per heavy atom. The number of fused-ring (bicyclic) bond motifs is 1. The van der Waals surface area contributed by atoms with E-state index in [0.717, 1.165) is 0 Å². The summed E-state index contributed by atoms with van der Waals surface area (Å²) in [5.74, 6) is 0.300. The van der Waals surface area contributed by atoms with Crippen molar-refractivity contribution < 1.29 is 0 Å². The average Bonchev–Trinajstić information content (AvgIpc) is 3.74. The largest absolute Gasteiger partial charge is 0.309 e. The summed E-state index contributed by atoms with van der Waals surface area (Å²) in [6.07, 6.45) is 0. The lowest BCUT2D eigenvalue weighted by molar-refractivity contribution is 0.978. The van der Waals surface area contributed by atoms with Crippen molar-refractivity contribution in [3.8, 4) is 39.1 Å². The van der Waals surface area contributed by atoms with Crippen molar-refractivity contribution in [2.24, 2.45) is 0 Å². The predicted molar refractivity (Wildman–Crippen MR) is 229 cm³/mol. The first kappa shape index (κ1) is 30.5. The van der Waals surface area contributed by atoms with E-state index >= 15 is 0 Å². The minimum absolute atomic E-state index is 0.140. The van der Waals surface area contributed by atoms with E-state index in [9.17, 15) is 0 Å². The fraction of sp³-hybridized carbons (Fsp3) is 0.0370. The van der Waals surface area contributed by atoms with Gasteiger partial charge in [0.15, 0.2) is 0 Å². The Bertz CT molecular complexity index is 3060. The molecule has 55 heavy (non-hydrogen) atoms. The van der Waals surface area contributed by atoms with Crippen LogP contribution in [0.5, 0.6) is 0 Å². The van der Waals surface area contributed by atoms with Crippen LogP contribution in [0.1, 0.15) is 45.2 Å². The molecule has 1 unspecified atom stereocenters. The monoisotopic (exact) mass is 697 g/mol. The maximum Gasteiger partial charge on any atom is 0.0547 e. The van der Waals surface area contributed by atoms with Crippen molar-refractivity contribution in [3.63, 3.8) is 0 Å². The van der Waals surface area contributed by atoms with Crippen molar-refractivity contribution in [2.45, 2.75) is 11.8 Å². The van der Waals surface area contributed by atoms with Crippen LogP contribution in [0.15, 0.2) is 200 Å². The topological polar surface area (TPSA) is 4.93 Å². The summed E-state index contributed by atoms with van der Waals surface area (Å²) in [5.41, 5.74) is 19.6. The molecule has 0 aliphatic heterocycles. The van der Waals surface area contributed by atoms with Gasteiger partial charge in [-0.15, -0.1) is 0 Å². The molecule has 1 atom stereocenters. The van der Waals surface area contributed by atoms with Crippen molar-refractivity contribution in [1.82, 2.24) is 4.57 Å². The van der Waals surface area contributed by atoms with Crippen LogP contribution in [0.25, 0.3) is 71.6 Å². The second kappa shape index (κ2) is 11.8. The number of hydrogen-bond donors (Lipinski definition) is 0. The van der Waals surface area contributed by atoms with E-state index in [-0.39, 0.29) is 11.8 Å². The Labute approximate surface area is 320 Å². The maximum absolute atomic E-state index is 2.50. The quantitative estimate of drug-likeness (QED) is 0.152. The molecule has 0 radical (unpaired) electrons. The predicted octanol–water partition coefficient (Wildman–Crippen LogP) is 13.9. The number of hydrogen-bond acceptors (Lipinski definition) is 0. The van der Waals surface area contributed by atoms with Crippen LogP contribution in [0.3, 0.4) is 0 Å². The van der Waals surface area contributed by atoms with Crippen molar-refractivity contribution in [2.75, 3.05) is 0 Å². The highest BCUT2D eigenvalue weighted by atomic mass is 15.0. The minimum Gasteiger partial charge on any atom is -0.309 e. The molecule has 1 heteroatoms. The van der Waals surface area contributed by atoms with Gasteiger partial charge in [0, 0.05) is 28.3 Å². The molecule has 9 aromatic carbocycles. The molecule has 2 aliphatic rings. The first-order valence-electron chi connectivity index (χ1n) is 19.3. The molecular formula is C54H35N. The van der Waals surface area contributed by atoms with Gasteiger partial charge in [-0.1, -0.05) is 164 Å². The summed E-state index contributed by atoms with van der Waals surface area (Å²) in [6.45, 7) is 0. The number of aromatic nitrogens is 1. The van der Waals surface area contributed by atoms with Gasteiger partial charge in [0.2, 0.25) is 0 Å². The summed E-state index contributed by atoms with van der Waals surface area (Å²) >= 11 is 0. The lowest BCUT2D eigenvalue weighted by Crippen LogP contribution is -2.03. The van der Waals surface area contributed by atoms with Gasteiger partial charge >= 0.3 is 0 Å². The molecule has 256 valence electrons. The molecule has 0 spiro atoms. The zero-order valence-corrected chi connectivity index (χ0v) is 30.2. The highest BCUT2D eigenvalue weighted by Gasteiger charge is 2.37. The third-order valence-corrected chi connectivity index (χ3v) is 12.3. The van der Waals surface area contributed by atoms with E-state index in [2.05, 4.69) is 205 Å². The Morgan fingerprint density at radius 3 is 1.71 bits per heavy atom. The molecule has 0 bridgehead atoms. The second-order valence-corrected chi connectivity index (χ2v) is 15.2. The summed E-state index contributed by atoms with van der Waals surface area (Å²) in [4.78, 5) is 0. The van der Waals surface area contributed by atoms with Crippen molar-refractivity contribution in [3.05, 3.63) is 234 Å². The van der Waals surface area contributed by atoms with E-state index in [1.54, 1.807) is 0 Å². The molecule has 10 aromatic rings. The first-order chi connectivity index (χ1) is 27.3. The molecule has 0 saturated carbocycles. The standard InChI is InChI=1S/C54H35N/c1-5-14-35(15-6-1)48(36-16-7-2-8-17-36)38-26-24-34(25-27-38)40-32-44-42-22-13-23-46-52(42)54-47(55(46)41-20-11-4-12-21-41)31-29-39-28-30-43-49(37-18-9-3-10-19-37)45(33-40)51(44)53(43)50(39)54/h1-33,48-49H. The van der Waals surface area contributed by atoms with Crippen molar-refractivity contribution >= 4 is 32.6 Å². The lowest BCUT2D eigenvalue weighted by atomic mass is 9.83. The van der Waals surface area contributed by atoms with Gasteiger partial charge in [-0.2, -0.15) is 0 Å². The van der Waals surface area contributed by atoms with Crippen LogP contribution in [-0.4, -0.2) is 4.57 Å². The number of rotatable bonds is 6. The molecule has 2 aliphatic carbocycles. The Hall–Kier alpha value is -6.96. The third-order valence-electron chi connectivity index (χ3n) is 12.3. The number of nitrogens with zero attached hydrogens (tertiary/aromatic N) is 1. The summed E-state index contributed by atoms with van der Waals surface area (Å²) in [7, 11) is 0. The fourth-order valence-electron chi connectivity index (χ4n) is 10.0. The summed E-state index contributed by atoms with van der Waals surface area (Å²) in [5, 5.41) is 5.38. The molecule has 0 amide bonds. The smallest absolute Gasteiger partial charge is 0.0547 e. The summed E-state index contributed by atoms with van der Waals surface area (Å²) < 4.78 is 2.47. The van der Waals surface area contributed by atoms with E-state index < -0.39 is 0 Å². The van der Waals surface area contributed by atoms with Gasteiger partial charge < -0.3 is 4.57 Å². The minimum atomic E-state index is 0.140. The van der Waals surface area contributed by atoms with Gasteiger partial charge in [-0.05, 0) is 114 Å². The van der Waals surface area contributed by atoms with Crippen LogP contribution in [-0.2, 0) is 0 Å². The molecule has 12 rings (SSSR count). The fourth-order valence-corrected chi connectivity index (χ4v) is 10.0. The molecule has 1 aromatic heterocycles. The molecule has 0 saturated heterocycles. The lowest BCUT2D eigenvalue weighted by Gasteiger charge is -2.20. The molecular weight excluding hydrogens is 663 g/mol. The van der Waals surface area contributed by atoms with Crippen LogP contribution in [0.2, 0.25) is 0 Å². The third kappa shape index (κ3) is 4.41. The number of benzene rings is 9. The maximum atomic E-state index is 2.50. The van der Waals surface area contributed by atoms with Crippen LogP contribution in [0, 0.1) is 0 Å². The Kier molecular flexibility index (Phi) is 6.53. The van der Waals surface area contributed by atoms with Gasteiger partial charge in [-0.3, -0.25) is 0 Å². The molecule has 1 nitrogen and oxygen atoms in total. The van der Waals surface area contributed by atoms with Crippen LogP contribution < -0.4 is 0 Å². The van der Waals surface area contributed by atoms with Crippen LogP contribution in [0.4, 0.5) is 0 Å². The van der Waals surface area contributed by atoms with E-state index in [4.69, 9.17) is 0 Å². The van der Waals surface area contributed by atoms with Crippen molar-refractivity contribution in [1.29, 1.82) is 0 Å². The van der Waals surface area contributed by atoms with Gasteiger partial charge in [0.25, 0.3) is 0 Å². The molecule has 1 heterocycles. The summed E-state index contributed by atoms with van der Waals surface area (Å²) in [6, 6.07) is 74.5. The van der Waals surface area contributed by atoms with Gasteiger partial charge in [0.05, 0.1) is 11.0 Å². The van der Waals surface area contributed by atoms with Crippen LogP contribution >= 0.6 is 0 Å². The average molecular weight is 698 g/mol. The van der Waals surface area contributed by atoms with E-state index in [1.165, 1.54) is 105 Å². The van der Waals surface area contributed by atoms with E-state index in [1.807, 2.05) is 0 Å². The normalized spacial score (nSPS) is 13.8.